The third-order valence-corrected chi connectivity index (χ3v) is 6.51. The summed E-state index contributed by atoms with van der Waals surface area (Å²) in [5, 5.41) is 3.17. The summed E-state index contributed by atoms with van der Waals surface area (Å²) >= 11 is 0. The number of carbonyl (C=O) groups is 2. The van der Waals surface area contributed by atoms with Crippen molar-refractivity contribution in [2.45, 2.75) is 71.4 Å². The zero-order chi connectivity index (χ0) is 22.9. The molecule has 1 aliphatic carbocycles. The average molecular weight is 437 g/mol. The van der Waals surface area contributed by atoms with Crippen molar-refractivity contribution in [2.24, 2.45) is 0 Å². The molecule has 0 saturated heterocycles. The largest absolute Gasteiger partial charge is 0.483 e. The molecule has 1 atom stereocenters. The molecule has 32 heavy (non-hydrogen) atoms. The van der Waals surface area contributed by atoms with Crippen LogP contribution >= 0.6 is 0 Å². The van der Waals surface area contributed by atoms with Gasteiger partial charge in [-0.15, -0.1) is 0 Å². The van der Waals surface area contributed by atoms with Crippen LogP contribution in [0.25, 0.3) is 0 Å². The number of benzene rings is 2. The van der Waals surface area contributed by atoms with Crippen LogP contribution in [0.3, 0.4) is 0 Å². The van der Waals surface area contributed by atoms with Crippen LogP contribution in [-0.4, -0.2) is 41.9 Å². The molecule has 5 heteroatoms. The molecule has 0 aromatic heterocycles. The molecule has 5 nitrogen and oxygen atoms in total. The SMILES string of the molecule is Cc1cccc(OCC(=O)N(CCc2ccccc2)[C@H](C)C(=O)NC2CCCCC2)c1C. The van der Waals surface area contributed by atoms with Crippen LogP contribution in [-0.2, 0) is 16.0 Å². The maximum absolute atomic E-state index is 13.2. The first-order valence-electron chi connectivity index (χ1n) is 11.8. The molecule has 0 heterocycles. The van der Waals surface area contributed by atoms with E-state index < -0.39 is 6.04 Å². The molecular weight excluding hydrogens is 400 g/mol. The van der Waals surface area contributed by atoms with Gasteiger partial charge in [0, 0.05) is 12.6 Å². The number of rotatable bonds is 9. The average Bonchev–Trinajstić information content (AvgIpc) is 2.81. The van der Waals surface area contributed by atoms with Crippen molar-refractivity contribution >= 4 is 11.8 Å². The molecule has 0 radical (unpaired) electrons. The highest BCUT2D eigenvalue weighted by Crippen LogP contribution is 2.21. The topological polar surface area (TPSA) is 58.6 Å². The van der Waals surface area contributed by atoms with E-state index in [0.717, 1.165) is 42.4 Å². The third kappa shape index (κ3) is 6.59. The van der Waals surface area contributed by atoms with Gasteiger partial charge in [-0.1, -0.05) is 61.7 Å². The number of nitrogens with zero attached hydrogens (tertiary/aromatic N) is 1. The van der Waals surface area contributed by atoms with Crippen molar-refractivity contribution in [3.8, 4) is 5.75 Å². The van der Waals surface area contributed by atoms with Crippen molar-refractivity contribution in [1.29, 1.82) is 0 Å². The second-order valence-electron chi connectivity index (χ2n) is 8.83. The number of hydrogen-bond acceptors (Lipinski definition) is 3. The van der Waals surface area contributed by atoms with Gasteiger partial charge in [0.2, 0.25) is 5.91 Å². The molecular formula is C27H36N2O3. The van der Waals surface area contributed by atoms with Gasteiger partial charge in [-0.25, -0.2) is 0 Å². The van der Waals surface area contributed by atoms with Gasteiger partial charge in [-0.3, -0.25) is 9.59 Å². The molecule has 0 spiro atoms. The first kappa shape index (κ1) is 23.8. The van der Waals surface area contributed by atoms with Gasteiger partial charge in [-0.05, 0) is 62.8 Å². The quantitative estimate of drug-likeness (QED) is 0.625. The van der Waals surface area contributed by atoms with Gasteiger partial charge < -0.3 is 15.0 Å². The summed E-state index contributed by atoms with van der Waals surface area (Å²) in [5.74, 6) is 0.457. The Kier molecular flexibility index (Phi) is 8.72. The molecule has 1 fully saturated rings. The van der Waals surface area contributed by atoms with E-state index in [9.17, 15) is 9.59 Å². The zero-order valence-electron chi connectivity index (χ0n) is 19.6. The Morgan fingerprint density at radius 3 is 2.47 bits per heavy atom. The molecule has 1 aliphatic rings. The van der Waals surface area contributed by atoms with Crippen LogP contribution in [0.2, 0.25) is 0 Å². The van der Waals surface area contributed by atoms with Crippen LogP contribution in [0.1, 0.15) is 55.7 Å². The Bertz CT molecular complexity index is 891. The third-order valence-electron chi connectivity index (χ3n) is 6.51. The van der Waals surface area contributed by atoms with E-state index in [1.54, 1.807) is 4.90 Å². The highest BCUT2D eigenvalue weighted by Gasteiger charge is 2.28. The van der Waals surface area contributed by atoms with E-state index in [0.29, 0.717) is 18.7 Å². The molecule has 172 valence electrons. The number of aryl methyl sites for hydroxylation is 1. The summed E-state index contributed by atoms with van der Waals surface area (Å²) in [4.78, 5) is 27.9. The van der Waals surface area contributed by atoms with E-state index in [4.69, 9.17) is 4.74 Å². The van der Waals surface area contributed by atoms with Crippen molar-refractivity contribution in [3.05, 3.63) is 65.2 Å². The molecule has 1 saturated carbocycles. The molecule has 2 aromatic carbocycles. The summed E-state index contributed by atoms with van der Waals surface area (Å²) in [7, 11) is 0. The highest BCUT2D eigenvalue weighted by molar-refractivity contribution is 5.88. The Morgan fingerprint density at radius 1 is 1.03 bits per heavy atom. The lowest BCUT2D eigenvalue weighted by Gasteiger charge is -2.31. The number of nitrogens with one attached hydrogen (secondary N) is 1. The number of ether oxygens (including phenoxy) is 1. The smallest absolute Gasteiger partial charge is 0.261 e. The molecule has 0 bridgehead atoms. The maximum atomic E-state index is 13.2. The maximum Gasteiger partial charge on any atom is 0.261 e. The molecule has 2 aromatic rings. The molecule has 0 unspecified atom stereocenters. The Hall–Kier alpha value is -2.82. The second kappa shape index (κ2) is 11.7. The van der Waals surface area contributed by atoms with Crippen LogP contribution in [0.15, 0.2) is 48.5 Å². The van der Waals surface area contributed by atoms with E-state index in [2.05, 4.69) is 5.32 Å². The van der Waals surface area contributed by atoms with Gasteiger partial charge >= 0.3 is 0 Å². The van der Waals surface area contributed by atoms with E-state index in [1.807, 2.05) is 69.3 Å². The Labute approximate surface area is 192 Å². The second-order valence-corrected chi connectivity index (χ2v) is 8.83. The van der Waals surface area contributed by atoms with E-state index in [1.165, 1.54) is 6.42 Å². The minimum Gasteiger partial charge on any atom is -0.483 e. The number of amides is 2. The van der Waals surface area contributed by atoms with Gasteiger partial charge in [0.15, 0.2) is 6.61 Å². The van der Waals surface area contributed by atoms with Crippen LogP contribution in [0.5, 0.6) is 5.75 Å². The summed E-state index contributed by atoms with van der Waals surface area (Å²) in [6.07, 6.45) is 6.27. The lowest BCUT2D eigenvalue weighted by molar-refractivity contribution is -0.141. The fourth-order valence-electron chi connectivity index (χ4n) is 4.24. The van der Waals surface area contributed by atoms with Gasteiger partial charge in [0.25, 0.3) is 5.91 Å². The lowest BCUT2D eigenvalue weighted by atomic mass is 9.95. The van der Waals surface area contributed by atoms with Crippen molar-refractivity contribution in [2.75, 3.05) is 13.2 Å². The Morgan fingerprint density at radius 2 is 1.75 bits per heavy atom. The first-order valence-corrected chi connectivity index (χ1v) is 11.8. The number of carbonyl (C=O) groups excluding carboxylic acids is 2. The summed E-state index contributed by atoms with van der Waals surface area (Å²) in [6.45, 7) is 6.22. The normalized spacial score (nSPS) is 15.1. The fraction of sp³-hybridized carbons (Fsp3) is 0.481. The first-order chi connectivity index (χ1) is 15.5. The van der Waals surface area contributed by atoms with Crippen LogP contribution in [0.4, 0.5) is 0 Å². The van der Waals surface area contributed by atoms with Crippen molar-refractivity contribution in [1.82, 2.24) is 10.2 Å². The highest BCUT2D eigenvalue weighted by atomic mass is 16.5. The number of hydrogen-bond donors (Lipinski definition) is 1. The predicted octanol–water partition coefficient (Wildman–Crippen LogP) is 4.59. The summed E-state index contributed by atoms with van der Waals surface area (Å²) < 4.78 is 5.87. The monoisotopic (exact) mass is 436 g/mol. The van der Waals surface area contributed by atoms with Crippen LogP contribution in [0, 0.1) is 13.8 Å². The fourth-order valence-corrected chi connectivity index (χ4v) is 4.24. The summed E-state index contributed by atoms with van der Waals surface area (Å²) in [6, 6.07) is 15.5. The van der Waals surface area contributed by atoms with Gasteiger partial charge in [-0.2, -0.15) is 0 Å². The van der Waals surface area contributed by atoms with Crippen molar-refractivity contribution in [3.63, 3.8) is 0 Å². The van der Waals surface area contributed by atoms with Crippen LogP contribution < -0.4 is 10.1 Å². The predicted molar refractivity (Wildman–Crippen MR) is 128 cm³/mol. The minimum absolute atomic E-state index is 0.0787. The van der Waals surface area contributed by atoms with Gasteiger partial charge in [0.05, 0.1) is 0 Å². The van der Waals surface area contributed by atoms with Crippen molar-refractivity contribution < 1.29 is 14.3 Å². The van der Waals surface area contributed by atoms with E-state index >= 15 is 0 Å². The standard InChI is InChI=1S/C27H36N2O3/c1-20-11-10-16-25(21(20)2)32-19-26(30)29(18-17-23-12-6-4-7-13-23)22(3)27(31)28-24-14-8-5-9-15-24/h4,6-7,10-13,16,22,24H,5,8-9,14-15,17-19H2,1-3H3,(H,28,31)/t22-/m1/s1. The minimum atomic E-state index is -0.546. The molecule has 1 N–H and O–H groups in total. The zero-order valence-corrected chi connectivity index (χ0v) is 19.6. The Balaban J connectivity index is 1.67. The lowest BCUT2D eigenvalue weighted by Crippen LogP contribution is -2.52. The summed E-state index contributed by atoms with van der Waals surface area (Å²) in [5.41, 5.74) is 3.29. The molecule has 0 aliphatic heterocycles. The van der Waals surface area contributed by atoms with Gasteiger partial charge in [0.1, 0.15) is 11.8 Å². The van der Waals surface area contributed by atoms with E-state index in [-0.39, 0.29) is 24.5 Å². The molecule has 3 rings (SSSR count). The molecule has 2 amide bonds.